The Kier molecular flexibility index (Phi) is 7.71. The first-order valence-electron chi connectivity index (χ1n) is 13.4. The van der Waals surface area contributed by atoms with Crippen LogP contribution in [0.25, 0.3) is 22.9 Å². The van der Waals surface area contributed by atoms with Crippen LogP contribution in [0, 0.1) is 10.1 Å². The van der Waals surface area contributed by atoms with Crippen molar-refractivity contribution in [1.29, 1.82) is 0 Å². The van der Waals surface area contributed by atoms with Crippen LogP contribution in [0.4, 0.5) is 11.6 Å². The highest BCUT2D eigenvalue weighted by atomic mass is 32.2. The van der Waals surface area contributed by atoms with Crippen LogP contribution in [0.3, 0.4) is 0 Å². The van der Waals surface area contributed by atoms with Crippen molar-refractivity contribution in [3.63, 3.8) is 0 Å². The van der Waals surface area contributed by atoms with Gasteiger partial charge in [0.05, 0.1) is 17.1 Å². The third-order valence-electron chi connectivity index (χ3n) is 6.76. The monoisotopic (exact) mass is 595 g/mol. The lowest BCUT2D eigenvalue weighted by molar-refractivity contribution is -0.384. The molecule has 1 atom stereocenters. The van der Waals surface area contributed by atoms with Crippen molar-refractivity contribution in [3.8, 4) is 22.9 Å². The summed E-state index contributed by atoms with van der Waals surface area (Å²) >= 11 is 1.44. The van der Waals surface area contributed by atoms with E-state index in [9.17, 15) is 14.9 Å². The van der Waals surface area contributed by atoms with Crippen LogP contribution in [0.15, 0.2) is 99.7 Å². The van der Waals surface area contributed by atoms with E-state index in [0.29, 0.717) is 45.5 Å². The maximum absolute atomic E-state index is 13.0. The number of allylic oxidation sites excluding steroid dienone is 1. The third-order valence-corrected chi connectivity index (χ3v) is 7.67. The maximum atomic E-state index is 13.0. The summed E-state index contributed by atoms with van der Waals surface area (Å²) in [7, 11) is 0. The molecule has 3 aromatic carbocycles. The van der Waals surface area contributed by atoms with Crippen molar-refractivity contribution in [1.82, 2.24) is 25.0 Å². The minimum absolute atomic E-state index is 0.0483. The van der Waals surface area contributed by atoms with Crippen molar-refractivity contribution in [2.45, 2.75) is 30.8 Å². The number of non-ortho nitro benzene ring substituents is 1. The second-order valence-electron chi connectivity index (χ2n) is 9.56. The van der Waals surface area contributed by atoms with Crippen molar-refractivity contribution in [2.75, 3.05) is 11.9 Å². The van der Waals surface area contributed by atoms with Crippen LogP contribution in [0.5, 0.6) is 0 Å². The lowest BCUT2D eigenvalue weighted by Gasteiger charge is -2.28. The highest BCUT2D eigenvalue weighted by Gasteiger charge is 2.35. The van der Waals surface area contributed by atoms with Gasteiger partial charge in [0.15, 0.2) is 0 Å². The Hall–Kier alpha value is -5.30. The van der Waals surface area contributed by atoms with Gasteiger partial charge in [-0.3, -0.25) is 10.1 Å². The summed E-state index contributed by atoms with van der Waals surface area (Å²) in [5, 5.41) is 27.9. The zero-order valence-corrected chi connectivity index (χ0v) is 23.9. The number of nitrogens with one attached hydrogen (secondary N) is 1. The second kappa shape index (κ2) is 11.9. The molecule has 1 aliphatic rings. The summed E-state index contributed by atoms with van der Waals surface area (Å²) in [6.45, 7) is 3.70. The Bertz CT molecular complexity index is 1820. The van der Waals surface area contributed by atoms with Gasteiger partial charge in [-0.15, -0.1) is 15.3 Å². The average Bonchev–Trinajstić information content (AvgIpc) is 3.68. The van der Waals surface area contributed by atoms with E-state index in [0.717, 1.165) is 16.7 Å². The van der Waals surface area contributed by atoms with Gasteiger partial charge in [0.2, 0.25) is 22.9 Å². The normalized spacial score (nSPS) is 14.2. The van der Waals surface area contributed by atoms with Gasteiger partial charge in [0, 0.05) is 34.7 Å². The molecule has 0 radical (unpaired) electrons. The fourth-order valence-corrected chi connectivity index (χ4v) is 5.47. The fourth-order valence-electron chi connectivity index (χ4n) is 4.68. The molecule has 0 saturated carbocycles. The molecule has 12 nitrogen and oxygen atoms in total. The molecule has 1 N–H and O–H groups in total. The lowest BCUT2D eigenvalue weighted by Crippen LogP contribution is -2.29. The number of fused-ring (bicyclic) bond motifs is 1. The highest BCUT2D eigenvalue weighted by Crippen LogP contribution is 2.37. The van der Waals surface area contributed by atoms with E-state index in [-0.39, 0.29) is 12.3 Å². The zero-order valence-electron chi connectivity index (χ0n) is 23.1. The molecule has 0 spiro atoms. The van der Waals surface area contributed by atoms with Gasteiger partial charge >= 0.3 is 5.97 Å². The molecule has 0 aliphatic carbocycles. The third kappa shape index (κ3) is 5.75. The number of carbonyl (C=O) groups excluding carboxylic acids is 1. The fraction of sp³-hybridized carbons (Fsp3) is 0.167. The number of nitro benzene ring substituents is 1. The molecule has 0 bridgehead atoms. The van der Waals surface area contributed by atoms with Crippen LogP contribution in [0.1, 0.15) is 31.0 Å². The number of hydrogen-bond donors (Lipinski definition) is 1. The molecular weight excluding hydrogens is 570 g/mol. The second-order valence-corrected chi connectivity index (χ2v) is 10.5. The lowest BCUT2D eigenvalue weighted by atomic mass is 9.95. The van der Waals surface area contributed by atoms with E-state index >= 15 is 0 Å². The smallest absolute Gasteiger partial charge is 0.338 e. The number of nitrogens with zero attached hydrogens (tertiary/aromatic N) is 6. The van der Waals surface area contributed by atoms with Gasteiger partial charge in [0.25, 0.3) is 5.69 Å². The van der Waals surface area contributed by atoms with E-state index in [1.54, 1.807) is 30.7 Å². The Labute approximate surface area is 250 Å². The molecule has 43 heavy (non-hydrogen) atoms. The summed E-state index contributed by atoms with van der Waals surface area (Å²) in [6, 6.07) is 22.8. The van der Waals surface area contributed by atoms with Gasteiger partial charge in [-0.05, 0) is 61.4 Å². The topological polar surface area (TPSA) is 151 Å². The molecule has 3 heterocycles. The summed E-state index contributed by atoms with van der Waals surface area (Å²) in [5.41, 5.74) is 4.22. The van der Waals surface area contributed by atoms with Crippen LogP contribution in [0.2, 0.25) is 0 Å². The molecule has 216 valence electrons. The van der Waals surface area contributed by atoms with Gasteiger partial charge in [0.1, 0.15) is 6.04 Å². The molecular formula is C30H25N7O5S. The maximum Gasteiger partial charge on any atom is 0.338 e. The van der Waals surface area contributed by atoms with Crippen molar-refractivity contribution < 1.29 is 18.9 Å². The van der Waals surface area contributed by atoms with E-state index in [4.69, 9.17) is 14.3 Å². The highest BCUT2D eigenvalue weighted by molar-refractivity contribution is 7.98. The summed E-state index contributed by atoms with van der Waals surface area (Å²) in [5.74, 6) is 1.44. The van der Waals surface area contributed by atoms with Gasteiger partial charge in [-0.1, -0.05) is 42.1 Å². The van der Waals surface area contributed by atoms with E-state index in [1.165, 1.54) is 23.9 Å². The van der Waals surface area contributed by atoms with Crippen LogP contribution >= 0.6 is 11.8 Å². The van der Waals surface area contributed by atoms with Gasteiger partial charge in [-0.2, -0.15) is 4.98 Å². The first-order valence-corrected chi connectivity index (χ1v) is 14.4. The molecule has 13 heteroatoms. The molecule has 0 unspecified atom stereocenters. The zero-order chi connectivity index (χ0) is 29.9. The number of aromatic nitrogens is 5. The number of thioether (sulfide) groups is 1. The number of carbonyl (C=O) groups is 1. The minimum atomic E-state index is -0.674. The molecule has 5 aromatic rings. The quantitative estimate of drug-likeness (QED) is 0.0918. The van der Waals surface area contributed by atoms with Crippen LogP contribution < -0.4 is 5.32 Å². The molecule has 0 saturated heterocycles. The molecule has 2 aromatic heterocycles. The number of esters is 1. The predicted molar refractivity (Wildman–Crippen MR) is 159 cm³/mol. The van der Waals surface area contributed by atoms with Crippen molar-refractivity contribution in [2.24, 2.45) is 0 Å². The Morgan fingerprint density at radius 3 is 2.35 bits per heavy atom. The molecule has 0 fully saturated rings. The van der Waals surface area contributed by atoms with E-state index in [2.05, 4.69) is 20.5 Å². The van der Waals surface area contributed by atoms with Crippen LogP contribution in [-0.4, -0.2) is 42.5 Å². The summed E-state index contributed by atoms with van der Waals surface area (Å²) < 4.78 is 12.8. The van der Waals surface area contributed by atoms with E-state index < -0.39 is 16.9 Å². The Morgan fingerprint density at radius 1 is 1.02 bits per heavy atom. The van der Waals surface area contributed by atoms with Crippen molar-refractivity contribution in [3.05, 3.63) is 111 Å². The minimum Gasteiger partial charge on any atom is -0.463 e. The number of hydrogen-bond acceptors (Lipinski definition) is 11. The molecule has 1 aliphatic heterocycles. The van der Waals surface area contributed by atoms with Crippen molar-refractivity contribution >= 4 is 29.4 Å². The Balaban J connectivity index is 1.21. The SMILES string of the molecule is CCOC(=O)C1=C(C)Nc2nc(SCc3ccc(-c4nnc(-c5ccccc5)o4)cc3)nn2[C@H]1c1ccc([N+](=O)[O-])cc1. The number of ether oxygens (including phenoxy) is 1. The number of rotatable bonds is 9. The Morgan fingerprint density at radius 2 is 1.70 bits per heavy atom. The number of anilines is 1. The van der Waals surface area contributed by atoms with Crippen LogP contribution in [-0.2, 0) is 15.3 Å². The number of benzene rings is 3. The molecule has 0 amide bonds. The van der Waals surface area contributed by atoms with E-state index in [1.807, 2.05) is 54.6 Å². The average molecular weight is 596 g/mol. The molecule has 6 rings (SSSR count). The van der Waals surface area contributed by atoms with Gasteiger partial charge < -0.3 is 14.5 Å². The summed E-state index contributed by atoms with van der Waals surface area (Å²) in [4.78, 5) is 28.4. The summed E-state index contributed by atoms with van der Waals surface area (Å²) in [6.07, 6.45) is 0. The first-order chi connectivity index (χ1) is 20.9. The van der Waals surface area contributed by atoms with Gasteiger partial charge in [-0.25, -0.2) is 9.48 Å². The first kappa shape index (κ1) is 27.8. The largest absolute Gasteiger partial charge is 0.463 e. The standard InChI is InChI=1S/C30H25N7O5S/c1-3-41-28(38)24-18(2)31-29-32-30(35-36(29)25(24)20-13-15-23(16-14-20)37(39)40)43-17-19-9-11-22(12-10-19)27-34-33-26(42-27)21-7-5-4-6-8-21/h4-16,25H,3,17H2,1-2H3,(H,31,32,35)/t25-/m0/s1. The number of nitro groups is 1. The predicted octanol–water partition coefficient (Wildman–Crippen LogP) is 6.05.